The molecule has 1 N–H and O–H groups in total. The fourth-order valence-electron chi connectivity index (χ4n) is 8.73. The van der Waals surface area contributed by atoms with Crippen LogP contribution in [0.1, 0.15) is 70.5 Å². The number of pyridine rings is 2. The molecule has 59 heavy (non-hydrogen) atoms. The largest absolute Gasteiger partial charge is 0.490 e. The number of nitrogens with one attached hydrogen (secondary N) is 1. The van der Waals surface area contributed by atoms with Crippen LogP contribution in [0.25, 0.3) is 23.1 Å². The molecule has 5 aliphatic rings. The number of carbonyl (C=O) groups excluding carboxylic acids is 4. The number of rotatable bonds is 12. The summed E-state index contributed by atoms with van der Waals surface area (Å²) in [4.78, 5) is 67.7. The number of anilines is 1. The molecule has 1 aliphatic carbocycles. The Balaban J connectivity index is 0.668. The van der Waals surface area contributed by atoms with Crippen molar-refractivity contribution in [2.24, 2.45) is 0 Å². The maximum Gasteiger partial charge on any atom is 0.262 e. The SMILES string of the molecule is COc1cc(/C=C/c2ccc3cc(O[C@H]4C[C@H](OC5CCN(CCN6CCN(c7ccc8c(c7)C(=O)N(C7CCC(=O)NC7=O)C8=O)CC6)CC5)C4)ccc3n2)ccn1. The number of benzene rings is 2. The summed E-state index contributed by atoms with van der Waals surface area (Å²) >= 11 is 0. The van der Waals surface area contributed by atoms with Gasteiger partial charge in [-0.3, -0.25) is 34.3 Å². The van der Waals surface area contributed by atoms with Gasteiger partial charge < -0.3 is 24.0 Å². The minimum atomic E-state index is -0.960. The van der Waals surface area contributed by atoms with Crippen LogP contribution in [0.4, 0.5) is 5.69 Å². The highest BCUT2D eigenvalue weighted by atomic mass is 16.5. The summed E-state index contributed by atoms with van der Waals surface area (Å²) in [7, 11) is 1.61. The molecule has 1 saturated carbocycles. The Labute approximate surface area is 343 Å². The molecular weight excluding hydrogens is 751 g/mol. The Morgan fingerprint density at radius 2 is 1.54 bits per heavy atom. The molecule has 0 radical (unpaired) electrons. The Morgan fingerprint density at radius 3 is 2.32 bits per heavy atom. The van der Waals surface area contributed by atoms with Gasteiger partial charge in [-0.2, -0.15) is 0 Å². The monoisotopic (exact) mass is 799 g/mol. The summed E-state index contributed by atoms with van der Waals surface area (Å²) in [5.74, 6) is -0.489. The van der Waals surface area contributed by atoms with Crippen LogP contribution < -0.4 is 19.7 Å². The van der Waals surface area contributed by atoms with Crippen molar-refractivity contribution in [2.75, 3.05) is 64.4 Å². The second-order valence-electron chi connectivity index (χ2n) is 16.1. The standard InChI is InChI=1S/C45H49N7O7/c1-57-42-24-29(12-15-46-42)2-4-31-5-3-30-25-34(7-9-39(30)47-31)59-36-27-35(28-36)58-33-13-16-49(17-14-33)18-19-50-20-22-51(23-21-50)32-6-8-37-38(26-32)45(56)52(44(37)55)40-10-11-41(53)48-43(40)54/h2-9,12,15,24-26,33,35-36,40H,10-11,13-14,16-23,27-28H2,1H3,(H,48,53,54)/b4-2+/t35-,36-,40?. The summed E-state index contributed by atoms with van der Waals surface area (Å²) in [5.41, 5.74) is 4.32. The van der Waals surface area contributed by atoms with Crippen LogP contribution in [0.15, 0.2) is 66.9 Å². The number of likely N-dealkylation sites (tertiary alicyclic amines) is 1. The molecule has 2 aromatic heterocycles. The molecule has 0 bridgehead atoms. The van der Waals surface area contributed by atoms with Crippen LogP contribution in [-0.4, -0.2) is 132 Å². The first-order valence-corrected chi connectivity index (χ1v) is 20.7. The summed E-state index contributed by atoms with van der Waals surface area (Å²) in [5, 5.41) is 3.29. The van der Waals surface area contributed by atoms with Crippen LogP contribution >= 0.6 is 0 Å². The fourth-order valence-corrected chi connectivity index (χ4v) is 8.73. The van der Waals surface area contributed by atoms with Gasteiger partial charge in [-0.1, -0.05) is 12.1 Å². The molecule has 14 heteroatoms. The van der Waals surface area contributed by atoms with Crippen LogP contribution in [-0.2, 0) is 14.3 Å². The molecule has 4 aromatic rings. The van der Waals surface area contributed by atoms with Crippen LogP contribution in [0.3, 0.4) is 0 Å². The average Bonchev–Trinajstić information content (AvgIpc) is 3.49. The number of ether oxygens (including phenoxy) is 3. The number of nitrogens with zero attached hydrogens (tertiary/aromatic N) is 6. The number of fused-ring (bicyclic) bond motifs is 2. The molecule has 4 amide bonds. The Kier molecular flexibility index (Phi) is 11.1. The van der Waals surface area contributed by atoms with E-state index in [1.807, 2.05) is 48.6 Å². The number of amides is 4. The topological polar surface area (TPSA) is 147 Å². The molecule has 2 aromatic carbocycles. The van der Waals surface area contributed by atoms with E-state index in [9.17, 15) is 19.2 Å². The average molecular weight is 800 g/mol. The van der Waals surface area contributed by atoms with Crippen molar-refractivity contribution in [3.8, 4) is 11.6 Å². The zero-order valence-electron chi connectivity index (χ0n) is 33.3. The first-order valence-electron chi connectivity index (χ1n) is 20.7. The van der Waals surface area contributed by atoms with Gasteiger partial charge in [0.15, 0.2) is 0 Å². The number of hydrogen-bond acceptors (Lipinski definition) is 12. The van der Waals surface area contributed by atoms with E-state index in [-0.39, 0.29) is 31.0 Å². The summed E-state index contributed by atoms with van der Waals surface area (Å²) < 4.78 is 18.0. The highest BCUT2D eigenvalue weighted by molar-refractivity contribution is 6.23. The molecule has 3 saturated heterocycles. The van der Waals surface area contributed by atoms with E-state index in [0.29, 0.717) is 23.1 Å². The van der Waals surface area contributed by atoms with E-state index >= 15 is 0 Å². The number of imide groups is 2. The number of aromatic nitrogens is 2. The molecular formula is C45H49N7O7. The van der Waals surface area contributed by atoms with E-state index in [1.54, 1.807) is 25.4 Å². The van der Waals surface area contributed by atoms with Gasteiger partial charge in [0.1, 0.15) is 17.9 Å². The van der Waals surface area contributed by atoms with E-state index in [0.717, 1.165) is 117 Å². The minimum Gasteiger partial charge on any atom is -0.490 e. The Morgan fingerprint density at radius 1 is 0.763 bits per heavy atom. The van der Waals surface area contributed by atoms with Crippen molar-refractivity contribution in [3.05, 3.63) is 89.2 Å². The van der Waals surface area contributed by atoms with Gasteiger partial charge in [0.2, 0.25) is 17.7 Å². The fraction of sp³-hybridized carbons (Fsp3) is 0.422. The van der Waals surface area contributed by atoms with E-state index < -0.39 is 23.8 Å². The first kappa shape index (κ1) is 38.8. The van der Waals surface area contributed by atoms with Gasteiger partial charge in [-0.15, -0.1) is 0 Å². The van der Waals surface area contributed by atoms with Crippen molar-refractivity contribution in [3.63, 3.8) is 0 Å². The Bertz CT molecular complexity index is 2280. The predicted molar refractivity (Wildman–Crippen MR) is 221 cm³/mol. The smallest absolute Gasteiger partial charge is 0.262 e. The van der Waals surface area contributed by atoms with Crippen molar-refractivity contribution in [1.82, 2.24) is 30.0 Å². The maximum atomic E-state index is 13.3. The van der Waals surface area contributed by atoms with E-state index in [1.165, 1.54) is 0 Å². The third kappa shape index (κ3) is 8.56. The molecule has 9 rings (SSSR count). The number of methoxy groups -OCH3 is 1. The zero-order valence-corrected chi connectivity index (χ0v) is 33.3. The van der Waals surface area contributed by atoms with Gasteiger partial charge in [0.05, 0.1) is 41.7 Å². The highest BCUT2D eigenvalue weighted by Crippen LogP contribution is 2.33. The van der Waals surface area contributed by atoms with E-state index in [4.69, 9.17) is 19.2 Å². The summed E-state index contributed by atoms with van der Waals surface area (Å²) in [6, 6.07) is 18.4. The third-order valence-corrected chi connectivity index (χ3v) is 12.3. The molecule has 1 atom stereocenters. The van der Waals surface area contributed by atoms with Crippen molar-refractivity contribution in [1.29, 1.82) is 0 Å². The lowest BCUT2D eigenvalue weighted by Gasteiger charge is -2.40. The first-order chi connectivity index (χ1) is 28.8. The van der Waals surface area contributed by atoms with Gasteiger partial charge in [0.25, 0.3) is 11.8 Å². The van der Waals surface area contributed by atoms with Crippen molar-refractivity contribution < 1.29 is 33.4 Å². The van der Waals surface area contributed by atoms with E-state index in [2.05, 4.69) is 37.1 Å². The lowest BCUT2D eigenvalue weighted by molar-refractivity contribution is -0.136. The normalized spacial score (nSPS) is 23.2. The Hall–Kier alpha value is -5.70. The zero-order chi connectivity index (χ0) is 40.5. The maximum absolute atomic E-state index is 13.3. The van der Waals surface area contributed by atoms with Crippen LogP contribution in [0, 0.1) is 0 Å². The number of piperidine rings is 2. The van der Waals surface area contributed by atoms with Crippen LogP contribution in [0.5, 0.6) is 11.6 Å². The molecule has 0 spiro atoms. The quantitative estimate of drug-likeness (QED) is 0.203. The highest BCUT2D eigenvalue weighted by Gasteiger charge is 2.45. The summed E-state index contributed by atoms with van der Waals surface area (Å²) in [6.45, 7) is 7.57. The summed E-state index contributed by atoms with van der Waals surface area (Å²) in [6.07, 6.45) is 10.6. The number of hydrogen-bond donors (Lipinski definition) is 1. The predicted octanol–water partition coefficient (Wildman–Crippen LogP) is 4.42. The van der Waals surface area contributed by atoms with Gasteiger partial charge in [0, 0.05) is 95.0 Å². The van der Waals surface area contributed by atoms with Gasteiger partial charge in [-0.05, 0) is 79.4 Å². The molecule has 306 valence electrons. The molecule has 4 aliphatic heterocycles. The van der Waals surface area contributed by atoms with Crippen LogP contribution in [0.2, 0.25) is 0 Å². The lowest BCUT2D eigenvalue weighted by atomic mass is 9.91. The molecule has 6 heterocycles. The minimum absolute atomic E-state index is 0.102. The third-order valence-electron chi connectivity index (χ3n) is 12.3. The lowest BCUT2D eigenvalue weighted by Crippen LogP contribution is -2.54. The van der Waals surface area contributed by atoms with Gasteiger partial charge >= 0.3 is 0 Å². The van der Waals surface area contributed by atoms with Crippen molar-refractivity contribution >= 4 is 52.4 Å². The number of carbonyl (C=O) groups is 4. The molecule has 4 fully saturated rings. The molecule has 1 unspecified atom stereocenters. The second kappa shape index (κ2) is 16.9. The van der Waals surface area contributed by atoms with Gasteiger partial charge in [-0.25, -0.2) is 9.97 Å². The molecule has 14 nitrogen and oxygen atoms in total. The van der Waals surface area contributed by atoms with Crippen molar-refractivity contribution in [2.45, 2.75) is 62.9 Å². The second-order valence-corrected chi connectivity index (χ2v) is 16.1. The number of piperazine rings is 1.